The second-order valence-electron chi connectivity index (χ2n) is 10.2. The molecule has 0 radical (unpaired) electrons. The zero-order valence-corrected chi connectivity index (χ0v) is 20.0. The van der Waals surface area contributed by atoms with E-state index in [0.717, 1.165) is 56.3 Å². The van der Waals surface area contributed by atoms with Gasteiger partial charge >= 0.3 is 0 Å². The predicted octanol–water partition coefficient (Wildman–Crippen LogP) is 4.81. The molecule has 180 valence electrons. The number of hydrogen-bond donors (Lipinski definition) is 1. The monoisotopic (exact) mass is 460 g/mol. The van der Waals surface area contributed by atoms with Gasteiger partial charge in [0.1, 0.15) is 17.9 Å². The second kappa shape index (κ2) is 10.6. The number of nitrogens with zero attached hydrogens (tertiary/aromatic N) is 1. The van der Waals surface area contributed by atoms with Crippen LogP contribution in [0.4, 0.5) is 0 Å². The Hall–Kier alpha value is -2.82. The number of fused-ring (bicyclic) bond motifs is 1. The van der Waals surface area contributed by atoms with Gasteiger partial charge in [0.05, 0.1) is 0 Å². The van der Waals surface area contributed by atoms with Crippen molar-refractivity contribution < 1.29 is 14.3 Å². The van der Waals surface area contributed by atoms with Crippen LogP contribution in [0.1, 0.15) is 68.1 Å². The molecule has 1 saturated carbocycles. The van der Waals surface area contributed by atoms with Crippen molar-refractivity contribution in [3.8, 4) is 5.75 Å². The Morgan fingerprint density at radius 1 is 0.912 bits per heavy atom. The Kier molecular flexibility index (Phi) is 7.17. The predicted molar refractivity (Wildman–Crippen MR) is 132 cm³/mol. The first-order valence-electron chi connectivity index (χ1n) is 13.1. The zero-order valence-electron chi connectivity index (χ0n) is 20.0. The van der Waals surface area contributed by atoms with Gasteiger partial charge in [-0.1, -0.05) is 49.2 Å². The van der Waals surface area contributed by atoms with Crippen molar-refractivity contribution in [1.82, 2.24) is 10.2 Å². The highest BCUT2D eigenvalue weighted by Crippen LogP contribution is 2.30. The van der Waals surface area contributed by atoms with Crippen molar-refractivity contribution in [2.45, 2.75) is 82.9 Å². The number of ether oxygens (including phenoxy) is 1. The molecule has 1 N–H and O–H groups in total. The van der Waals surface area contributed by atoms with Gasteiger partial charge in [0.2, 0.25) is 11.8 Å². The van der Waals surface area contributed by atoms with Gasteiger partial charge in [-0.3, -0.25) is 9.59 Å². The number of nitrogens with one attached hydrogen (secondary N) is 1. The van der Waals surface area contributed by atoms with Crippen LogP contribution in [0.2, 0.25) is 0 Å². The third-order valence-corrected chi connectivity index (χ3v) is 7.73. The summed E-state index contributed by atoms with van der Waals surface area (Å²) in [5.41, 5.74) is 3.79. The molecule has 0 bridgehead atoms. The Morgan fingerprint density at radius 3 is 2.29 bits per heavy atom. The molecule has 2 aromatic carbocycles. The lowest BCUT2D eigenvalue weighted by Crippen LogP contribution is -2.48. The Labute approximate surface area is 202 Å². The standard InChI is InChI=1S/C29H36N2O3/c32-28(17-21-7-1-2-8-21)31(27-11-5-6-16-30-29(27)33)20-22-12-14-25(15-13-22)34-26-18-23-9-3-4-10-24(23)19-26/h3-4,9-10,12-15,21,26-27H,1-2,5-8,11,16-20H2,(H,30,33)/t27-/m0/s1. The minimum Gasteiger partial charge on any atom is -0.490 e. The fourth-order valence-electron chi connectivity index (χ4n) is 5.84. The van der Waals surface area contributed by atoms with Gasteiger partial charge in [0.15, 0.2) is 0 Å². The fraction of sp³-hybridized carbons (Fsp3) is 0.517. The van der Waals surface area contributed by atoms with Crippen molar-refractivity contribution >= 4 is 11.8 Å². The second-order valence-corrected chi connectivity index (χ2v) is 10.2. The van der Waals surface area contributed by atoms with Crippen molar-refractivity contribution in [3.05, 3.63) is 65.2 Å². The van der Waals surface area contributed by atoms with Crippen LogP contribution in [0.3, 0.4) is 0 Å². The normalized spacial score (nSPS) is 21.1. The highest BCUT2D eigenvalue weighted by molar-refractivity contribution is 5.88. The van der Waals surface area contributed by atoms with Crippen molar-refractivity contribution in [2.24, 2.45) is 5.92 Å². The quantitative estimate of drug-likeness (QED) is 0.645. The van der Waals surface area contributed by atoms with E-state index in [4.69, 9.17) is 4.74 Å². The Morgan fingerprint density at radius 2 is 1.59 bits per heavy atom. The Balaban J connectivity index is 1.25. The van der Waals surface area contributed by atoms with Crippen LogP contribution in [0.25, 0.3) is 0 Å². The first kappa shape index (κ1) is 22.9. The third-order valence-electron chi connectivity index (χ3n) is 7.73. The molecule has 2 amide bonds. The summed E-state index contributed by atoms with van der Waals surface area (Å²) in [6, 6.07) is 16.3. The maximum absolute atomic E-state index is 13.4. The van der Waals surface area contributed by atoms with Crippen LogP contribution >= 0.6 is 0 Å². The largest absolute Gasteiger partial charge is 0.490 e. The topological polar surface area (TPSA) is 58.6 Å². The zero-order chi connectivity index (χ0) is 23.3. The van der Waals surface area contributed by atoms with Crippen LogP contribution in [-0.2, 0) is 29.0 Å². The van der Waals surface area contributed by atoms with Crippen LogP contribution in [0.5, 0.6) is 5.75 Å². The summed E-state index contributed by atoms with van der Waals surface area (Å²) in [4.78, 5) is 28.0. The van der Waals surface area contributed by atoms with Crippen LogP contribution < -0.4 is 10.1 Å². The molecule has 5 rings (SSSR count). The molecule has 2 fully saturated rings. The first-order chi connectivity index (χ1) is 16.7. The molecule has 0 unspecified atom stereocenters. The van der Waals surface area contributed by atoms with E-state index in [1.165, 1.54) is 24.0 Å². The van der Waals surface area contributed by atoms with E-state index in [1.807, 2.05) is 29.2 Å². The fourth-order valence-corrected chi connectivity index (χ4v) is 5.84. The van der Waals surface area contributed by atoms with Gasteiger partial charge < -0.3 is 15.0 Å². The number of benzene rings is 2. The molecule has 5 heteroatoms. The molecular formula is C29H36N2O3. The van der Waals surface area contributed by atoms with E-state index < -0.39 is 0 Å². The number of amides is 2. The van der Waals surface area contributed by atoms with Gasteiger partial charge in [0, 0.05) is 32.4 Å². The molecule has 34 heavy (non-hydrogen) atoms. The summed E-state index contributed by atoms with van der Waals surface area (Å²) in [6.07, 6.45) is 10.0. The highest BCUT2D eigenvalue weighted by Gasteiger charge is 2.32. The highest BCUT2D eigenvalue weighted by atomic mass is 16.5. The molecule has 1 saturated heterocycles. The van der Waals surface area contributed by atoms with Gasteiger partial charge in [-0.25, -0.2) is 0 Å². The van der Waals surface area contributed by atoms with Crippen LogP contribution in [0.15, 0.2) is 48.5 Å². The van der Waals surface area contributed by atoms with E-state index in [9.17, 15) is 9.59 Å². The smallest absolute Gasteiger partial charge is 0.242 e. The lowest BCUT2D eigenvalue weighted by atomic mass is 10.0. The molecule has 0 spiro atoms. The number of hydrogen-bond acceptors (Lipinski definition) is 3. The van der Waals surface area contributed by atoms with Crippen molar-refractivity contribution in [1.29, 1.82) is 0 Å². The number of carbonyl (C=O) groups is 2. The average Bonchev–Trinajstić information content (AvgIpc) is 3.45. The molecule has 0 aromatic heterocycles. The average molecular weight is 461 g/mol. The van der Waals surface area contributed by atoms with E-state index in [1.54, 1.807) is 0 Å². The molecule has 1 atom stereocenters. The van der Waals surface area contributed by atoms with Crippen molar-refractivity contribution in [3.63, 3.8) is 0 Å². The van der Waals surface area contributed by atoms with Gasteiger partial charge in [0.25, 0.3) is 0 Å². The molecule has 5 nitrogen and oxygen atoms in total. The van der Waals surface area contributed by atoms with Gasteiger partial charge in [-0.05, 0) is 66.8 Å². The third kappa shape index (κ3) is 5.45. The molecule has 2 aliphatic carbocycles. The maximum Gasteiger partial charge on any atom is 0.242 e. The summed E-state index contributed by atoms with van der Waals surface area (Å²) in [6.45, 7) is 1.18. The minimum absolute atomic E-state index is 0.00183. The van der Waals surface area contributed by atoms with Crippen LogP contribution in [-0.4, -0.2) is 35.4 Å². The lowest BCUT2D eigenvalue weighted by Gasteiger charge is -2.31. The summed E-state index contributed by atoms with van der Waals surface area (Å²) in [5, 5.41) is 3.01. The van der Waals surface area contributed by atoms with Crippen LogP contribution in [0, 0.1) is 5.92 Å². The summed E-state index contributed by atoms with van der Waals surface area (Å²) >= 11 is 0. The van der Waals surface area contributed by atoms with E-state index in [0.29, 0.717) is 25.4 Å². The summed E-state index contributed by atoms with van der Waals surface area (Å²) in [5.74, 6) is 1.45. The molecule has 3 aliphatic rings. The maximum atomic E-state index is 13.4. The molecule has 1 heterocycles. The van der Waals surface area contributed by atoms with Crippen molar-refractivity contribution in [2.75, 3.05) is 6.54 Å². The molecule has 2 aromatic rings. The minimum atomic E-state index is -0.371. The SMILES string of the molecule is O=C1NCCCC[C@@H]1N(Cc1ccc(OC2Cc3ccccc3C2)cc1)C(=O)CC1CCCC1. The van der Waals surface area contributed by atoms with E-state index in [-0.39, 0.29) is 24.0 Å². The summed E-state index contributed by atoms with van der Waals surface area (Å²) in [7, 11) is 0. The molecular weight excluding hydrogens is 424 g/mol. The number of rotatable bonds is 7. The number of carbonyl (C=O) groups excluding carboxylic acids is 2. The van der Waals surface area contributed by atoms with E-state index >= 15 is 0 Å². The van der Waals surface area contributed by atoms with Gasteiger partial charge in [-0.2, -0.15) is 0 Å². The lowest BCUT2D eigenvalue weighted by molar-refractivity contribution is -0.142. The van der Waals surface area contributed by atoms with E-state index in [2.05, 4.69) is 29.6 Å². The first-order valence-corrected chi connectivity index (χ1v) is 13.1. The van der Waals surface area contributed by atoms with Gasteiger partial charge in [-0.15, -0.1) is 0 Å². The summed E-state index contributed by atoms with van der Waals surface area (Å²) < 4.78 is 6.26. The Bertz CT molecular complexity index is 972. The molecule has 1 aliphatic heterocycles.